The zero-order chi connectivity index (χ0) is 14.8. The highest BCUT2D eigenvalue weighted by Gasteiger charge is 2.30. The third-order valence-electron chi connectivity index (χ3n) is 4.74. The van der Waals surface area contributed by atoms with Gasteiger partial charge >= 0.3 is 0 Å². The second-order valence-electron chi connectivity index (χ2n) is 6.04. The van der Waals surface area contributed by atoms with E-state index in [1.54, 1.807) is 13.3 Å². The normalized spacial score (nSPS) is 26.4. The van der Waals surface area contributed by atoms with Crippen LogP contribution in [0.1, 0.15) is 47.8 Å². The van der Waals surface area contributed by atoms with E-state index in [4.69, 9.17) is 4.74 Å². The number of nitrogens with zero attached hydrogens (tertiary/aromatic N) is 2. The summed E-state index contributed by atoms with van der Waals surface area (Å²) in [4.78, 5) is 12.5. The van der Waals surface area contributed by atoms with Crippen LogP contribution in [0.3, 0.4) is 0 Å². The first-order valence-electron chi connectivity index (χ1n) is 7.79. The maximum atomic E-state index is 12.5. The van der Waals surface area contributed by atoms with Crippen LogP contribution in [0.15, 0.2) is 6.20 Å². The molecular weight excluding hydrogens is 268 g/mol. The summed E-state index contributed by atoms with van der Waals surface area (Å²) in [6, 6.07) is 0.489. The van der Waals surface area contributed by atoms with Crippen molar-refractivity contribution in [2.75, 3.05) is 20.2 Å². The van der Waals surface area contributed by atoms with Crippen LogP contribution in [-0.2, 0) is 4.74 Å². The van der Waals surface area contributed by atoms with Crippen LogP contribution >= 0.6 is 0 Å². The van der Waals surface area contributed by atoms with Crippen LogP contribution < -0.4 is 10.6 Å². The maximum Gasteiger partial charge on any atom is 0.255 e. The Bertz CT molecular complexity index is 508. The van der Waals surface area contributed by atoms with E-state index in [9.17, 15) is 4.79 Å². The molecule has 21 heavy (non-hydrogen) atoms. The van der Waals surface area contributed by atoms with E-state index in [0.717, 1.165) is 18.8 Å². The molecule has 0 aromatic carbocycles. The van der Waals surface area contributed by atoms with E-state index in [2.05, 4.69) is 15.7 Å². The third-order valence-corrected chi connectivity index (χ3v) is 4.74. The predicted molar refractivity (Wildman–Crippen MR) is 79.4 cm³/mol. The topological polar surface area (TPSA) is 68.2 Å². The lowest BCUT2D eigenvalue weighted by Gasteiger charge is -2.18. The highest BCUT2D eigenvalue weighted by molar-refractivity contribution is 5.95. The lowest BCUT2D eigenvalue weighted by Crippen LogP contribution is -2.43. The van der Waals surface area contributed by atoms with E-state index in [1.807, 2.05) is 11.6 Å². The molecule has 0 radical (unpaired) electrons. The van der Waals surface area contributed by atoms with Gasteiger partial charge in [0.25, 0.3) is 5.91 Å². The standard InChI is InChI=1S/C15H24N4O2/c1-10-12(7-17-19(10)11-5-3-4-6-11)15(20)18-13-8-16-9-14(13)21-2/h7,11,13-14,16H,3-6,8-9H2,1-2H3,(H,18,20)/t13-,14+/m1/s1. The van der Waals surface area contributed by atoms with Gasteiger partial charge in [0.05, 0.1) is 29.9 Å². The van der Waals surface area contributed by atoms with Crippen molar-refractivity contribution < 1.29 is 9.53 Å². The fourth-order valence-electron chi connectivity index (χ4n) is 3.46. The first kappa shape index (κ1) is 14.5. The van der Waals surface area contributed by atoms with Crippen molar-refractivity contribution in [3.05, 3.63) is 17.5 Å². The van der Waals surface area contributed by atoms with Crippen LogP contribution in [-0.4, -0.2) is 48.0 Å². The lowest BCUT2D eigenvalue weighted by molar-refractivity contribution is 0.0779. The molecule has 1 aliphatic heterocycles. The van der Waals surface area contributed by atoms with Crippen LogP contribution in [0.2, 0.25) is 0 Å². The van der Waals surface area contributed by atoms with Crippen LogP contribution in [0.25, 0.3) is 0 Å². The number of ether oxygens (including phenoxy) is 1. The maximum absolute atomic E-state index is 12.5. The average molecular weight is 292 g/mol. The Kier molecular flexibility index (Phi) is 4.26. The first-order valence-corrected chi connectivity index (χ1v) is 7.79. The van der Waals surface area contributed by atoms with Crippen LogP contribution in [0.5, 0.6) is 0 Å². The van der Waals surface area contributed by atoms with Gasteiger partial charge in [-0.15, -0.1) is 0 Å². The SMILES string of the molecule is CO[C@H]1CNC[C@H]1NC(=O)c1cnn(C2CCCC2)c1C. The zero-order valence-electron chi connectivity index (χ0n) is 12.8. The lowest BCUT2D eigenvalue weighted by atomic mass is 10.1. The van der Waals surface area contributed by atoms with Crippen LogP contribution in [0.4, 0.5) is 0 Å². The van der Waals surface area contributed by atoms with Crippen molar-refractivity contribution in [1.29, 1.82) is 0 Å². The number of amides is 1. The summed E-state index contributed by atoms with van der Waals surface area (Å²) in [5.74, 6) is -0.0486. The molecule has 1 aromatic rings. The van der Waals surface area contributed by atoms with Gasteiger partial charge in [-0.1, -0.05) is 12.8 Å². The molecule has 2 aliphatic rings. The molecule has 2 atom stereocenters. The van der Waals surface area contributed by atoms with Gasteiger partial charge in [0.1, 0.15) is 0 Å². The summed E-state index contributed by atoms with van der Waals surface area (Å²) < 4.78 is 7.41. The van der Waals surface area contributed by atoms with E-state index in [1.165, 1.54) is 25.7 Å². The molecule has 1 saturated heterocycles. The summed E-state index contributed by atoms with van der Waals surface area (Å²) in [5, 5.41) is 10.7. The molecule has 1 saturated carbocycles. The smallest absolute Gasteiger partial charge is 0.255 e. The molecule has 2 N–H and O–H groups in total. The zero-order valence-corrected chi connectivity index (χ0v) is 12.8. The van der Waals surface area contributed by atoms with E-state index >= 15 is 0 Å². The van der Waals surface area contributed by atoms with E-state index in [-0.39, 0.29) is 18.1 Å². The Morgan fingerprint density at radius 2 is 2.19 bits per heavy atom. The molecule has 0 bridgehead atoms. The number of carbonyl (C=O) groups is 1. The monoisotopic (exact) mass is 292 g/mol. The number of rotatable bonds is 4. The molecule has 3 rings (SSSR count). The van der Waals surface area contributed by atoms with Crippen molar-refractivity contribution in [3.63, 3.8) is 0 Å². The van der Waals surface area contributed by atoms with Crippen molar-refractivity contribution >= 4 is 5.91 Å². The van der Waals surface area contributed by atoms with Gasteiger partial charge in [-0.2, -0.15) is 5.10 Å². The van der Waals surface area contributed by atoms with Gasteiger partial charge in [0, 0.05) is 25.9 Å². The largest absolute Gasteiger partial charge is 0.378 e. The van der Waals surface area contributed by atoms with Crippen molar-refractivity contribution in [1.82, 2.24) is 20.4 Å². The number of aromatic nitrogens is 2. The predicted octanol–water partition coefficient (Wildman–Crippen LogP) is 1.02. The molecule has 6 heteroatoms. The fraction of sp³-hybridized carbons (Fsp3) is 0.733. The minimum atomic E-state index is -0.0486. The van der Waals surface area contributed by atoms with Crippen molar-refractivity contribution in [2.45, 2.75) is 50.8 Å². The number of nitrogens with one attached hydrogen (secondary N) is 2. The fourth-order valence-corrected chi connectivity index (χ4v) is 3.46. The Morgan fingerprint density at radius 3 is 2.90 bits per heavy atom. The van der Waals surface area contributed by atoms with Gasteiger partial charge in [-0.3, -0.25) is 9.48 Å². The van der Waals surface area contributed by atoms with E-state index < -0.39 is 0 Å². The molecule has 6 nitrogen and oxygen atoms in total. The van der Waals surface area contributed by atoms with Gasteiger partial charge < -0.3 is 15.4 Å². The van der Waals surface area contributed by atoms with Gasteiger partial charge in [-0.25, -0.2) is 0 Å². The summed E-state index contributed by atoms with van der Waals surface area (Å²) in [6.45, 7) is 3.52. The second kappa shape index (κ2) is 6.15. The summed E-state index contributed by atoms with van der Waals surface area (Å²) in [6.07, 6.45) is 6.60. The second-order valence-corrected chi connectivity index (χ2v) is 6.04. The molecule has 0 unspecified atom stereocenters. The molecule has 116 valence electrons. The minimum absolute atomic E-state index is 0.0248. The molecular formula is C15H24N4O2. The molecule has 1 amide bonds. The molecule has 2 heterocycles. The molecule has 1 aromatic heterocycles. The Balaban J connectivity index is 1.70. The average Bonchev–Trinajstić information content (AvgIpc) is 3.18. The number of hydrogen-bond acceptors (Lipinski definition) is 4. The Labute approximate surface area is 125 Å². The number of carbonyl (C=O) groups excluding carboxylic acids is 1. The quantitative estimate of drug-likeness (QED) is 0.869. The summed E-state index contributed by atoms with van der Waals surface area (Å²) in [7, 11) is 1.68. The molecule has 0 spiro atoms. The first-order chi connectivity index (χ1) is 10.2. The molecule has 1 aliphatic carbocycles. The Hall–Kier alpha value is -1.40. The third kappa shape index (κ3) is 2.82. The molecule has 2 fully saturated rings. The highest BCUT2D eigenvalue weighted by atomic mass is 16.5. The van der Waals surface area contributed by atoms with Gasteiger partial charge in [0.2, 0.25) is 0 Å². The van der Waals surface area contributed by atoms with Crippen molar-refractivity contribution in [2.24, 2.45) is 0 Å². The van der Waals surface area contributed by atoms with Crippen molar-refractivity contribution in [3.8, 4) is 0 Å². The Morgan fingerprint density at radius 1 is 1.43 bits per heavy atom. The minimum Gasteiger partial charge on any atom is -0.378 e. The summed E-state index contributed by atoms with van der Waals surface area (Å²) in [5.41, 5.74) is 1.66. The van der Waals surface area contributed by atoms with Gasteiger partial charge in [-0.05, 0) is 19.8 Å². The van der Waals surface area contributed by atoms with E-state index in [0.29, 0.717) is 11.6 Å². The number of hydrogen-bond donors (Lipinski definition) is 2. The number of methoxy groups -OCH3 is 1. The van der Waals surface area contributed by atoms with Gasteiger partial charge in [0.15, 0.2) is 0 Å². The van der Waals surface area contributed by atoms with Crippen LogP contribution in [0, 0.1) is 6.92 Å². The summed E-state index contributed by atoms with van der Waals surface area (Å²) >= 11 is 0. The highest BCUT2D eigenvalue weighted by Crippen LogP contribution is 2.30.